The van der Waals surface area contributed by atoms with Gasteiger partial charge in [-0.15, -0.1) is 5.06 Å². The van der Waals surface area contributed by atoms with E-state index in [0.29, 0.717) is 41.9 Å². The number of fused-ring (bicyclic) bond motifs is 1. The number of nitrogens with zero attached hydrogens (tertiary/aromatic N) is 2. The standard InChI is InChI=1S/C23H20BrN3O5/c1-14-11-21-26-23(28)18(22(25)27(21)32-14)12-15-3-8-19(20(13-15)29-2)31-10-9-30-17-6-4-16(24)5-7-17/h3-8,11-13,25H,9-10H2,1-2H3/b18-12-,25-22?. The first-order chi connectivity index (χ1) is 15.4. The number of amidine groups is 2. The number of methoxy groups -OCH3 is 1. The first-order valence-electron chi connectivity index (χ1n) is 9.74. The van der Waals surface area contributed by atoms with Gasteiger partial charge in [0.25, 0.3) is 5.91 Å². The van der Waals surface area contributed by atoms with E-state index in [1.807, 2.05) is 24.3 Å². The molecule has 0 unspecified atom stereocenters. The molecule has 2 aliphatic heterocycles. The number of rotatable bonds is 7. The number of amides is 1. The fraction of sp³-hybridized carbons (Fsp3) is 0.174. The van der Waals surface area contributed by atoms with Crippen molar-refractivity contribution in [3.8, 4) is 17.2 Å². The summed E-state index contributed by atoms with van der Waals surface area (Å²) in [6, 6.07) is 12.8. The van der Waals surface area contributed by atoms with Crippen molar-refractivity contribution in [2.45, 2.75) is 6.92 Å². The average Bonchev–Trinajstić information content (AvgIpc) is 3.16. The van der Waals surface area contributed by atoms with Crippen molar-refractivity contribution in [1.29, 1.82) is 5.41 Å². The number of carbonyl (C=O) groups excluding carboxylic acids is 1. The Bertz CT molecular complexity index is 1150. The van der Waals surface area contributed by atoms with Gasteiger partial charge in [-0.2, -0.15) is 4.99 Å². The summed E-state index contributed by atoms with van der Waals surface area (Å²) in [4.78, 5) is 21.8. The largest absolute Gasteiger partial charge is 0.493 e. The van der Waals surface area contributed by atoms with E-state index in [1.165, 1.54) is 12.2 Å². The molecule has 1 amide bonds. The first kappa shape index (κ1) is 21.6. The molecule has 0 aliphatic carbocycles. The maximum atomic E-state index is 12.4. The van der Waals surface area contributed by atoms with Gasteiger partial charge in [0, 0.05) is 10.5 Å². The lowest BCUT2D eigenvalue weighted by atomic mass is 10.1. The van der Waals surface area contributed by atoms with Crippen molar-refractivity contribution in [2.24, 2.45) is 4.99 Å². The number of nitrogens with one attached hydrogen (secondary N) is 1. The lowest BCUT2D eigenvalue weighted by molar-refractivity contribution is -0.114. The van der Waals surface area contributed by atoms with E-state index in [9.17, 15) is 4.79 Å². The molecule has 8 nitrogen and oxygen atoms in total. The van der Waals surface area contributed by atoms with Crippen LogP contribution < -0.4 is 14.2 Å². The van der Waals surface area contributed by atoms with E-state index in [4.69, 9.17) is 24.5 Å². The fourth-order valence-corrected chi connectivity index (χ4v) is 3.37. The zero-order valence-electron chi connectivity index (χ0n) is 17.4. The van der Waals surface area contributed by atoms with Gasteiger partial charge in [-0.25, -0.2) is 0 Å². The quantitative estimate of drug-likeness (QED) is 0.451. The van der Waals surface area contributed by atoms with Crippen LogP contribution in [0.25, 0.3) is 6.08 Å². The summed E-state index contributed by atoms with van der Waals surface area (Å²) in [6.45, 7) is 2.42. The van der Waals surface area contributed by atoms with Gasteiger partial charge in [0.05, 0.1) is 12.7 Å². The minimum Gasteiger partial charge on any atom is -0.493 e. The number of aliphatic imine (C=N–C) groups is 1. The molecule has 4 rings (SSSR count). The van der Waals surface area contributed by atoms with Gasteiger partial charge in [-0.3, -0.25) is 10.2 Å². The number of halogens is 1. The van der Waals surface area contributed by atoms with Gasteiger partial charge in [0.1, 0.15) is 24.7 Å². The summed E-state index contributed by atoms with van der Waals surface area (Å²) in [5, 5.41) is 9.53. The summed E-state index contributed by atoms with van der Waals surface area (Å²) in [6.07, 6.45) is 3.18. The Morgan fingerprint density at radius 2 is 1.88 bits per heavy atom. The van der Waals surface area contributed by atoms with Crippen molar-refractivity contribution >= 4 is 39.6 Å². The first-order valence-corrected chi connectivity index (χ1v) is 10.5. The molecular weight excluding hydrogens is 478 g/mol. The van der Waals surface area contributed by atoms with Crippen LogP contribution in [0, 0.1) is 5.41 Å². The Morgan fingerprint density at radius 3 is 2.62 bits per heavy atom. The number of hydrogen-bond donors (Lipinski definition) is 1. The molecule has 1 N–H and O–H groups in total. The van der Waals surface area contributed by atoms with Crippen molar-refractivity contribution in [2.75, 3.05) is 20.3 Å². The van der Waals surface area contributed by atoms with Crippen LogP contribution in [-0.2, 0) is 9.63 Å². The SMILES string of the molecule is COc1cc(/C=C2/C(=N)N3OC(C)=CC3=NC2=O)ccc1OCCOc1ccc(Br)cc1. The third kappa shape index (κ3) is 4.67. The highest BCUT2D eigenvalue weighted by Gasteiger charge is 2.34. The minimum absolute atomic E-state index is 0.0718. The zero-order valence-corrected chi connectivity index (χ0v) is 19.0. The summed E-state index contributed by atoms with van der Waals surface area (Å²) in [5.74, 6) is 2.09. The summed E-state index contributed by atoms with van der Waals surface area (Å²) < 4.78 is 17.9. The molecule has 0 aromatic heterocycles. The third-order valence-corrected chi connectivity index (χ3v) is 5.13. The second-order valence-corrected chi connectivity index (χ2v) is 7.80. The molecular formula is C23H20BrN3O5. The van der Waals surface area contributed by atoms with E-state index >= 15 is 0 Å². The van der Waals surface area contributed by atoms with Crippen LogP contribution in [0.5, 0.6) is 17.2 Å². The van der Waals surface area contributed by atoms with Crippen LogP contribution in [0.15, 0.2) is 69.3 Å². The van der Waals surface area contributed by atoms with Crippen LogP contribution in [-0.4, -0.2) is 43.0 Å². The summed E-state index contributed by atoms with van der Waals surface area (Å²) in [7, 11) is 1.54. The van der Waals surface area contributed by atoms with Crippen molar-refractivity contribution < 1.29 is 23.8 Å². The predicted octanol–water partition coefficient (Wildman–Crippen LogP) is 4.37. The third-order valence-electron chi connectivity index (χ3n) is 4.60. The van der Waals surface area contributed by atoms with Crippen molar-refractivity contribution in [1.82, 2.24) is 5.06 Å². The molecule has 164 valence electrons. The number of benzene rings is 2. The van der Waals surface area contributed by atoms with Crippen LogP contribution in [0.3, 0.4) is 0 Å². The maximum absolute atomic E-state index is 12.4. The molecule has 2 aromatic carbocycles. The zero-order chi connectivity index (χ0) is 22.7. The second-order valence-electron chi connectivity index (χ2n) is 6.88. The molecule has 9 heteroatoms. The Kier molecular flexibility index (Phi) is 6.27. The topological polar surface area (TPSA) is 93.4 Å². The van der Waals surface area contributed by atoms with Gasteiger partial charge in [0.15, 0.2) is 23.2 Å². The van der Waals surface area contributed by atoms with Gasteiger partial charge in [0.2, 0.25) is 0 Å². The van der Waals surface area contributed by atoms with E-state index in [1.54, 1.807) is 37.3 Å². The molecule has 0 saturated carbocycles. The van der Waals surface area contributed by atoms with Crippen molar-refractivity contribution in [3.63, 3.8) is 0 Å². The van der Waals surface area contributed by atoms with E-state index in [2.05, 4.69) is 20.9 Å². The molecule has 0 atom stereocenters. The van der Waals surface area contributed by atoms with E-state index in [0.717, 1.165) is 10.2 Å². The summed E-state index contributed by atoms with van der Waals surface area (Å²) >= 11 is 3.39. The monoisotopic (exact) mass is 497 g/mol. The Hall–Kier alpha value is -3.59. The number of allylic oxidation sites excluding steroid dienone is 1. The van der Waals surface area contributed by atoms with Crippen LogP contribution >= 0.6 is 15.9 Å². The molecule has 2 heterocycles. The molecule has 0 radical (unpaired) electrons. The van der Waals surface area contributed by atoms with Crippen LogP contribution in [0.4, 0.5) is 0 Å². The number of carbonyl (C=O) groups is 1. The van der Waals surface area contributed by atoms with Gasteiger partial charge in [-0.05, 0) is 55.0 Å². The highest BCUT2D eigenvalue weighted by atomic mass is 79.9. The average molecular weight is 498 g/mol. The van der Waals surface area contributed by atoms with Gasteiger partial charge in [-0.1, -0.05) is 22.0 Å². The van der Waals surface area contributed by atoms with E-state index in [-0.39, 0.29) is 11.4 Å². The number of hydrogen-bond acceptors (Lipinski definition) is 6. The predicted molar refractivity (Wildman–Crippen MR) is 123 cm³/mol. The second kappa shape index (κ2) is 9.27. The molecule has 2 aromatic rings. The lowest BCUT2D eigenvalue weighted by Crippen LogP contribution is -2.38. The normalized spacial score (nSPS) is 16.3. The van der Waals surface area contributed by atoms with Crippen LogP contribution in [0.1, 0.15) is 12.5 Å². The Balaban J connectivity index is 1.42. The highest BCUT2D eigenvalue weighted by molar-refractivity contribution is 9.10. The number of ether oxygens (including phenoxy) is 3. The smallest absolute Gasteiger partial charge is 0.282 e. The maximum Gasteiger partial charge on any atom is 0.282 e. The molecule has 0 saturated heterocycles. The molecule has 2 aliphatic rings. The summed E-state index contributed by atoms with van der Waals surface area (Å²) in [5.41, 5.74) is 0.784. The van der Waals surface area contributed by atoms with Crippen molar-refractivity contribution in [3.05, 3.63) is 69.9 Å². The number of hydroxylamine groups is 2. The van der Waals surface area contributed by atoms with Gasteiger partial charge < -0.3 is 19.0 Å². The highest BCUT2D eigenvalue weighted by Crippen LogP contribution is 2.30. The molecule has 0 spiro atoms. The molecule has 0 fully saturated rings. The lowest BCUT2D eigenvalue weighted by Gasteiger charge is -2.23. The van der Waals surface area contributed by atoms with Crippen LogP contribution in [0.2, 0.25) is 0 Å². The fourth-order valence-electron chi connectivity index (χ4n) is 3.10. The molecule has 32 heavy (non-hydrogen) atoms. The van der Waals surface area contributed by atoms with E-state index < -0.39 is 5.91 Å². The molecule has 0 bridgehead atoms. The minimum atomic E-state index is -0.500. The van der Waals surface area contributed by atoms with Gasteiger partial charge >= 0.3 is 0 Å². The Morgan fingerprint density at radius 1 is 1.12 bits per heavy atom. The Labute approximate surface area is 193 Å².